The lowest BCUT2D eigenvalue weighted by Crippen LogP contribution is -2.63. The van der Waals surface area contributed by atoms with Crippen molar-refractivity contribution in [2.75, 3.05) is 20.3 Å². The topological polar surface area (TPSA) is 114 Å². The van der Waals surface area contributed by atoms with Crippen LogP contribution in [-0.4, -0.2) is 55.0 Å². The fraction of sp³-hybridized carbons (Fsp3) is 0.375. The first-order valence-electron chi connectivity index (χ1n) is 10.6. The van der Waals surface area contributed by atoms with E-state index in [0.717, 1.165) is 28.7 Å². The van der Waals surface area contributed by atoms with Gasteiger partial charge in [0.2, 0.25) is 5.91 Å². The van der Waals surface area contributed by atoms with Crippen LogP contribution in [0.1, 0.15) is 36.3 Å². The molecule has 2 aliphatic carbocycles. The molecule has 0 heterocycles. The highest BCUT2D eigenvalue weighted by molar-refractivity contribution is 5.92. The Morgan fingerprint density at radius 2 is 1.66 bits per heavy atom. The van der Waals surface area contributed by atoms with Crippen LogP contribution in [0, 0.1) is 0 Å². The van der Waals surface area contributed by atoms with Gasteiger partial charge in [0.1, 0.15) is 18.2 Å². The number of amides is 2. The number of carbonyl (C=O) groups excluding carboxylic acids is 2. The molecule has 1 atom stereocenters. The lowest BCUT2D eigenvalue weighted by Gasteiger charge is -2.39. The number of methoxy groups -OCH3 is 1. The summed E-state index contributed by atoms with van der Waals surface area (Å²) in [5.74, 6) is -1.79. The molecule has 0 aliphatic heterocycles. The Morgan fingerprint density at radius 1 is 1.06 bits per heavy atom. The molecule has 2 amide bonds. The Hall–Kier alpha value is -3.39. The molecule has 2 aromatic rings. The van der Waals surface area contributed by atoms with E-state index in [1.54, 1.807) is 0 Å². The molecular formula is C24H26N2O6. The second-order valence-electron chi connectivity index (χ2n) is 8.21. The minimum Gasteiger partial charge on any atom is -0.480 e. The highest BCUT2D eigenvalue weighted by Gasteiger charge is 2.46. The molecule has 2 aliphatic rings. The Bertz CT molecular complexity index is 987. The number of hydrogen-bond acceptors (Lipinski definition) is 5. The minimum atomic E-state index is -1.27. The van der Waals surface area contributed by atoms with Crippen molar-refractivity contribution in [3.8, 4) is 11.1 Å². The zero-order valence-corrected chi connectivity index (χ0v) is 17.8. The fourth-order valence-corrected chi connectivity index (χ4v) is 4.38. The highest BCUT2D eigenvalue weighted by atomic mass is 16.5. The lowest BCUT2D eigenvalue weighted by molar-refractivity contribution is -0.152. The van der Waals surface area contributed by atoms with E-state index in [-0.39, 0.29) is 19.1 Å². The first-order chi connectivity index (χ1) is 15.4. The summed E-state index contributed by atoms with van der Waals surface area (Å²) in [5.41, 5.74) is 3.13. The van der Waals surface area contributed by atoms with Gasteiger partial charge in [-0.05, 0) is 41.5 Å². The van der Waals surface area contributed by atoms with Crippen LogP contribution in [0.5, 0.6) is 0 Å². The standard InChI is InChI=1S/C24H26N2O6/c1-31-14-20(21(27)26-24(22(28)29)11-6-12-24)25-23(30)32-13-19-17-9-4-2-7-15(17)16-8-3-5-10-18(16)19/h2-5,7-10,19-20H,6,11-14H2,1H3,(H,25,30)(H,26,27)(H,28,29). The third-order valence-electron chi connectivity index (χ3n) is 6.26. The smallest absolute Gasteiger partial charge is 0.407 e. The quantitative estimate of drug-likeness (QED) is 0.584. The molecule has 0 bridgehead atoms. The van der Waals surface area contributed by atoms with Crippen molar-refractivity contribution in [2.24, 2.45) is 0 Å². The van der Waals surface area contributed by atoms with Gasteiger partial charge in [-0.25, -0.2) is 9.59 Å². The van der Waals surface area contributed by atoms with E-state index in [2.05, 4.69) is 10.6 Å². The van der Waals surface area contributed by atoms with E-state index in [0.29, 0.717) is 12.8 Å². The average Bonchev–Trinajstić information content (AvgIpc) is 3.08. The zero-order valence-electron chi connectivity index (χ0n) is 17.8. The number of ether oxygens (including phenoxy) is 2. The fourth-order valence-electron chi connectivity index (χ4n) is 4.38. The minimum absolute atomic E-state index is 0.104. The number of carboxylic acids is 1. The molecular weight excluding hydrogens is 412 g/mol. The number of aliphatic carboxylic acids is 1. The maximum absolute atomic E-state index is 12.6. The number of carboxylic acid groups (broad SMARTS) is 1. The van der Waals surface area contributed by atoms with Crippen molar-refractivity contribution < 1.29 is 29.0 Å². The Labute approximate surface area is 185 Å². The first-order valence-corrected chi connectivity index (χ1v) is 10.6. The predicted octanol–water partition coefficient (Wildman–Crippen LogP) is 2.66. The summed E-state index contributed by atoms with van der Waals surface area (Å²) in [4.78, 5) is 36.7. The molecule has 168 valence electrons. The summed E-state index contributed by atoms with van der Waals surface area (Å²) in [6, 6.07) is 14.9. The normalized spacial score (nSPS) is 16.8. The van der Waals surface area contributed by atoms with Crippen LogP contribution in [0.25, 0.3) is 11.1 Å². The predicted molar refractivity (Wildman–Crippen MR) is 116 cm³/mol. The van der Waals surface area contributed by atoms with Gasteiger partial charge in [0.15, 0.2) is 0 Å². The van der Waals surface area contributed by atoms with Crippen molar-refractivity contribution in [1.29, 1.82) is 0 Å². The number of hydrogen-bond donors (Lipinski definition) is 3. The van der Waals surface area contributed by atoms with Crippen molar-refractivity contribution in [3.63, 3.8) is 0 Å². The molecule has 0 radical (unpaired) electrons. The third kappa shape index (κ3) is 4.05. The van der Waals surface area contributed by atoms with E-state index in [9.17, 15) is 19.5 Å². The number of nitrogens with one attached hydrogen (secondary N) is 2. The Morgan fingerprint density at radius 3 is 2.16 bits per heavy atom. The number of fused-ring (bicyclic) bond motifs is 3. The molecule has 2 aromatic carbocycles. The molecule has 1 saturated carbocycles. The summed E-state index contributed by atoms with van der Waals surface area (Å²) in [6.45, 7) is 0.00592. The largest absolute Gasteiger partial charge is 0.480 e. The van der Waals surface area contributed by atoms with Crippen LogP contribution < -0.4 is 10.6 Å². The second-order valence-corrected chi connectivity index (χ2v) is 8.21. The summed E-state index contributed by atoms with van der Waals surface area (Å²) in [6.07, 6.45) is 0.681. The molecule has 8 nitrogen and oxygen atoms in total. The van der Waals surface area contributed by atoms with Gasteiger partial charge < -0.3 is 25.2 Å². The van der Waals surface area contributed by atoms with Crippen LogP contribution in [-0.2, 0) is 19.1 Å². The van der Waals surface area contributed by atoms with Crippen LogP contribution in [0.4, 0.5) is 4.79 Å². The lowest BCUT2D eigenvalue weighted by atomic mass is 9.76. The van der Waals surface area contributed by atoms with E-state index in [1.807, 2.05) is 48.5 Å². The van der Waals surface area contributed by atoms with Gasteiger partial charge in [-0.15, -0.1) is 0 Å². The number of rotatable bonds is 8. The number of carbonyl (C=O) groups is 3. The van der Waals surface area contributed by atoms with Gasteiger partial charge in [-0.2, -0.15) is 0 Å². The summed E-state index contributed by atoms with van der Waals surface area (Å²) in [7, 11) is 1.40. The second kappa shape index (κ2) is 9.00. The SMILES string of the molecule is COCC(NC(=O)OCC1c2ccccc2-c2ccccc21)C(=O)NC1(C(=O)O)CCC1. The molecule has 3 N–H and O–H groups in total. The molecule has 1 fully saturated rings. The zero-order chi connectivity index (χ0) is 22.7. The van der Waals surface area contributed by atoms with Gasteiger partial charge >= 0.3 is 12.1 Å². The molecule has 1 unspecified atom stereocenters. The van der Waals surface area contributed by atoms with E-state index in [1.165, 1.54) is 7.11 Å². The van der Waals surface area contributed by atoms with Gasteiger partial charge in [-0.3, -0.25) is 4.79 Å². The third-order valence-corrected chi connectivity index (χ3v) is 6.26. The van der Waals surface area contributed by atoms with Crippen LogP contribution >= 0.6 is 0 Å². The van der Waals surface area contributed by atoms with Gasteiger partial charge in [-0.1, -0.05) is 48.5 Å². The molecule has 0 saturated heterocycles. The Balaban J connectivity index is 1.40. The molecule has 0 spiro atoms. The van der Waals surface area contributed by atoms with E-state index >= 15 is 0 Å². The van der Waals surface area contributed by atoms with Crippen LogP contribution in [0.2, 0.25) is 0 Å². The highest BCUT2D eigenvalue weighted by Crippen LogP contribution is 2.44. The maximum Gasteiger partial charge on any atom is 0.407 e. The first kappa shape index (κ1) is 21.8. The Kier molecular flexibility index (Phi) is 6.14. The maximum atomic E-state index is 12.6. The van der Waals surface area contributed by atoms with Crippen molar-refractivity contribution in [1.82, 2.24) is 10.6 Å². The van der Waals surface area contributed by atoms with Crippen LogP contribution in [0.3, 0.4) is 0 Å². The van der Waals surface area contributed by atoms with E-state index in [4.69, 9.17) is 9.47 Å². The van der Waals surface area contributed by atoms with E-state index < -0.39 is 29.6 Å². The summed E-state index contributed by atoms with van der Waals surface area (Å²) >= 11 is 0. The average molecular weight is 438 g/mol. The van der Waals surface area contributed by atoms with Crippen molar-refractivity contribution >= 4 is 18.0 Å². The van der Waals surface area contributed by atoms with Gasteiger partial charge in [0, 0.05) is 13.0 Å². The molecule has 8 heteroatoms. The molecule has 32 heavy (non-hydrogen) atoms. The van der Waals surface area contributed by atoms with Gasteiger partial charge in [0.05, 0.1) is 6.61 Å². The van der Waals surface area contributed by atoms with Gasteiger partial charge in [0.25, 0.3) is 0 Å². The monoisotopic (exact) mass is 438 g/mol. The van der Waals surface area contributed by atoms with Crippen LogP contribution in [0.15, 0.2) is 48.5 Å². The van der Waals surface area contributed by atoms with Crippen molar-refractivity contribution in [3.05, 3.63) is 59.7 Å². The molecule has 4 rings (SSSR count). The summed E-state index contributed by atoms with van der Waals surface area (Å²) < 4.78 is 10.5. The summed E-state index contributed by atoms with van der Waals surface area (Å²) in [5, 5.41) is 14.5. The number of benzene rings is 2. The van der Waals surface area contributed by atoms with Crippen molar-refractivity contribution in [2.45, 2.75) is 36.8 Å². The number of alkyl carbamates (subject to hydrolysis) is 1. The molecule has 0 aromatic heterocycles.